The molecule has 3 aromatic heterocycles. The number of aromatic amines is 2. The van der Waals surface area contributed by atoms with Crippen LogP contribution in [-0.2, 0) is 0 Å². The molecule has 3 heterocycles. The van der Waals surface area contributed by atoms with Gasteiger partial charge in [-0.3, -0.25) is 4.79 Å². The van der Waals surface area contributed by atoms with E-state index in [1.54, 1.807) is 13.2 Å². The summed E-state index contributed by atoms with van der Waals surface area (Å²) < 4.78 is 5.28. The van der Waals surface area contributed by atoms with Gasteiger partial charge in [0.1, 0.15) is 12.0 Å². The number of nitrogens with zero attached hydrogens (tertiary/aromatic N) is 2. The third-order valence-electron chi connectivity index (χ3n) is 4.21. The number of benzene rings is 1. The Morgan fingerprint density at radius 2 is 2.15 bits per heavy atom. The number of H-pyrrole nitrogens is 2. The standard InChI is InChI=1S/C18H17N5O3/c1-26-18-12-7-15(23-16(12)21-9-22-18)13-8-20-14-3-2-10(6-11(13)14)17(25)19-4-5-24/h2-3,6-9,20,24H,4-5H2,1H3,(H,19,25)(H,21,22,23). The molecule has 0 fully saturated rings. The number of ether oxygens (including phenoxy) is 1. The number of fused-ring (bicyclic) bond motifs is 2. The summed E-state index contributed by atoms with van der Waals surface area (Å²) >= 11 is 0. The predicted molar refractivity (Wildman–Crippen MR) is 97.2 cm³/mol. The lowest BCUT2D eigenvalue weighted by Crippen LogP contribution is -2.26. The van der Waals surface area contributed by atoms with Gasteiger partial charge in [0.25, 0.3) is 5.91 Å². The van der Waals surface area contributed by atoms with Crippen molar-refractivity contribution < 1.29 is 14.6 Å². The van der Waals surface area contributed by atoms with E-state index in [0.717, 1.165) is 27.5 Å². The second-order valence-corrected chi connectivity index (χ2v) is 5.77. The minimum atomic E-state index is -0.225. The Balaban J connectivity index is 1.80. The molecule has 1 aromatic carbocycles. The summed E-state index contributed by atoms with van der Waals surface area (Å²) in [5.41, 5.74) is 3.88. The van der Waals surface area contributed by atoms with Crippen molar-refractivity contribution in [1.82, 2.24) is 25.3 Å². The number of hydrogen-bond donors (Lipinski definition) is 4. The zero-order valence-corrected chi connectivity index (χ0v) is 14.0. The van der Waals surface area contributed by atoms with E-state index in [9.17, 15) is 4.79 Å². The molecule has 0 aliphatic rings. The Hall–Kier alpha value is -3.39. The quantitative estimate of drug-likeness (QED) is 0.438. The molecule has 132 valence electrons. The number of hydrogen-bond acceptors (Lipinski definition) is 5. The van der Waals surface area contributed by atoms with Crippen LogP contribution >= 0.6 is 0 Å². The van der Waals surface area contributed by atoms with Crippen molar-refractivity contribution in [2.45, 2.75) is 0 Å². The zero-order valence-electron chi connectivity index (χ0n) is 14.0. The molecule has 8 heteroatoms. The zero-order chi connectivity index (χ0) is 18.1. The maximum atomic E-state index is 12.2. The number of aromatic nitrogens is 4. The smallest absolute Gasteiger partial charge is 0.251 e. The minimum Gasteiger partial charge on any atom is -0.480 e. The highest BCUT2D eigenvalue weighted by Crippen LogP contribution is 2.32. The van der Waals surface area contributed by atoms with Crippen molar-refractivity contribution in [2.24, 2.45) is 0 Å². The van der Waals surface area contributed by atoms with Crippen molar-refractivity contribution in [3.05, 3.63) is 42.4 Å². The molecule has 0 saturated heterocycles. The molecule has 0 spiro atoms. The van der Waals surface area contributed by atoms with Crippen molar-refractivity contribution >= 4 is 27.8 Å². The van der Waals surface area contributed by atoms with Gasteiger partial charge in [-0.05, 0) is 24.3 Å². The molecule has 4 N–H and O–H groups in total. The van der Waals surface area contributed by atoms with E-state index in [-0.39, 0.29) is 19.1 Å². The monoisotopic (exact) mass is 351 g/mol. The number of rotatable bonds is 5. The molecule has 8 nitrogen and oxygen atoms in total. The molecule has 0 aliphatic heterocycles. The maximum Gasteiger partial charge on any atom is 0.251 e. The van der Waals surface area contributed by atoms with Gasteiger partial charge in [-0.2, -0.15) is 0 Å². The lowest BCUT2D eigenvalue weighted by molar-refractivity contribution is 0.0945. The van der Waals surface area contributed by atoms with Gasteiger partial charge in [0.05, 0.1) is 24.8 Å². The van der Waals surface area contributed by atoms with Gasteiger partial charge in [-0.25, -0.2) is 9.97 Å². The van der Waals surface area contributed by atoms with Crippen LogP contribution in [-0.4, -0.2) is 51.2 Å². The van der Waals surface area contributed by atoms with Crippen LogP contribution in [0.4, 0.5) is 0 Å². The summed E-state index contributed by atoms with van der Waals surface area (Å²) in [6.45, 7) is 0.124. The van der Waals surface area contributed by atoms with E-state index in [2.05, 4.69) is 25.3 Å². The van der Waals surface area contributed by atoms with E-state index in [1.807, 2.05) is 24.4 Å². The van der Waals surface area contributed by atoms with Crippen molar-refractivity contribution in [3.8, 4) is 17.1 Å². The Kier molecular flexibility index (Phi) is 4.02. The Morgan fingerprint density at radius 3 is 2.96 bits per heavy atom. The Bertz CT molecular complexity index is 1100. The Morgan fingerprint density at radius 1 is 1.27 bits per heavy atom. The number of carbonyl (C=O) groups excluding carboxylic acids is 1. The van der Waals surface area contributed by atoms with Gasteiger partial charge >= 0.3 is 0 Å². The van der Waals surface area contributed by atoms with Gasteiger partial charge < -0.3 is 25.1 Å². The summed E-state index contributed by atoms with van der Waals surface area (Å²) in [6.07, 6.45) is 3.32. The number of carbonyl (C=O) groups is 1. The minimum absolute atomic E-state index is 0.0959. The first-order valence-corrected chi connectivity index (χ1v) is 8.09. The maximum absolute atomic E-state index is 12.2. The molecule has 1 amide bonds. The average Bonchev–Trinajstić information content (AvgIpc) is 3.28. The van der Waals surface area contributed by atoms with Crippen LogP contribution in [0.25, 0.3) is 33.2 Å². The molecule has 26 heavy (non-hydrogen) atoms. The Labute approximate surface area is 148 Å². The fraction of sp³-hybridized carbons (Fsp3) is 0.167. The molecular weight excluding hydrogens is 334 g/mol. The molecule has 0 bridgehead atoms. The van der Waals surface area contributed by atoms with Crippen LogP contribution in [0.2, 0.25) is 0 Å². The van der Waals surface area contributed by atoms with Crippen molar-refractivity contribution in [1.29, 1.82) is 0 Å². The largest absolute Gasteiger partial charge is 0.480 e. The molecule has 0 aliphatic carbocycles. The normalized spacial score (nSPS) is 11.2. The van der Waals surface area contributed by atoms with Gasteiger partial charge in [-0.15, -0.1) is 0 Å². The highest BCUT2D eigenvalue weighted by molar-refractivity contribution is 6.03. The van der Waals surface area contributed by atoms with Gasteiger partial charge in [-0.1, -0.05) is 0 Å². The summed E-state index contributed by atoms with van der Waals surface area (Å²) in [6, 6.07) is 7.35. The predicted octanol–water partition coefficient (Wildman–Crippen LogP) is 1.84. The molecule has 0 radical (unpaired) electrons. The van der Waals surface area contributed by atoms with Crippen LogP contribution in [0, 0.1) is 0 Å². The third-order valence-corrected chi connectivity index (χ3v) is 4.21. The fourth-order valence-corrected chi connectivity index (χ4v) is 2.98. The van der Waals surface area contributed by atoms with Gasteiger partial charge in [0.15, 0.2) is 0 Å². The number of nitrogens with one attached hydrogen (secondary N) is 3. The highest BCUT2D eigenvalue weighted by Gasteiger charge is 2.14. The van der Waals surface area contributed by atoms with Crippen LogP contribution in [0.15, 0.2) is 36.8 Å². The van der Waals surface area contributed by atoms with Crippen molar-refractivity contribution in [2.75, 3.05) is 20.3 Å². The van der Waals surface area contributed by atoms with Crippen LogP contribution in [0.1, 0.15) is 10.4 Å². The molecule has 4 rings (SSSR count). The SMILES string of the molecule is COc1ncnc2[nH]c(-c3c[nH]c4ccc(C(=O)NCCO)cc34)cc12. The second kappa shape index (κ2) is 6.49. The number of methoxy groups -OCH3 is 1. The third kappa shape index (κ3) is 2.66. The fourth-order valence-electron chi connectivity index (χ4n) is 2.98. The first kappa shape index (κ1) is 16.1. The van der Waals surface area contributed by atoms with E-state index in [0.29, 0.717) is 17.1 Å². The topological polar surface area (TPSA) is 116 Å². The molecule has 4 aromatic rings. The molecule has 0 atom stereocenters. The highest BCUT2D eigenvalue weighted by atomic mass is 16.5. The van der Waals surface area contributed by atoms with Crippen molar-refractivity contribution in [3.63, 3.8) is 0 Å². The van der Waals surface area contributed by atoms with Gasteiger partial charge in [0.2, 0.25) is 5.88 Å². The summed E-state index contributed by atoms with van der Waals surface area (Å²) in [5.74, 6) is 0.277. The molecule has 0 saturated carbocycles. The number of aliphatic hydroxyl groups excluding tert-OH is 1. The van der Waals surface area contributed by atoms with E-state index in [4.69, 9.17) is 9.84 Å². The summed E-state index contributed by atoms with van der Waals surface area (Å²) in [5, 5.41) is 13.2. The first-order valence-electron chi connectivity index (χ1n) is 8.09. The van der Waals surface area contributed by atoms with Crippen LogP contribution in [0.5, 0.6) is 5.88 Å². The first-order chi connectivity index (χ1) is 12.7. The van der Waals surface area contributed by atoms with E-state index < -0.39 is 0 Å². The van der Waals surface area contributed by atoms with E-state index in [1.165, 1.54) is 6.33 Å². The molecular formula is C18H17N5O3. The summed E-state index contributed by atoms with van der Waals surface area (Å²) in [7, 11) is 1.57. The number of amides is 1. The second-order valence-electron chi connectivity index (χ2n) is 5.77. The lowest BCUT2D eigenvalue weighted by atomic mass is 10.1. The molecule has 0 unspecified atom stereocenters. The summed E-state index contributed by atoms with van der Waals surface area (Å²) in [4.78, 5) is 27.0. The van der Waals surface area contributed by atoms with Gasteiger partial charge in [0, 0.05) is 34.8 Å². The van der Waals surface area contributed by atoms with E-state index >= 15 is 0 Å². The average molecular weight is 351 g/mol. The van der Waals surface area contributed by atoms with Crippen LogP contribution < -0.4 is 10.1 Å². The van der Waals surface area contributed by atoms with Crippen LogP contribution in [0.3, 0.4) is 0 Å². The number of aliphatic hydroxyl groups is 1. The lowest BCUT2D eigenvalue weighted by Gasteiger charge is -2.04.